The molecule has 21 heavy (non-hydrogen) atoms. The molecule has 0 spiro atoms. The van der Waals surface area contributed by atoms with Crippen molar-refractivity contribution in [2.24, 2.45) is 4.99 Å². The fourth-order valence-corrected chi connectivity index (χ4v) is 5.45. The van der Waals surface area contributed by atoms with E-state index in [9.17, 15) is 0 Å². The summed E-state index contributed by atoms with van der Waals surface area (Å²) < 4.78 is 1.46. The van der Waals surface area contributed by atoms with Gasteiger partial charge in [0.15, 0.2) is 0 Å². The van der Waals surface area contributed by atoms with Crippen LogP contribution in [0.15, 0.2) is 59.6 Å². The van der Waals surface area contributed by atoms with Gasteiger partial charge in [-0.05, 0) is 0 Å². The molecule has 1 atom stereocenters. The van der Waals surface area contributed by atoms with Gasteiger partial charge in [-0.25, -0.2) is 0 Å². The molecule has 1 aliphatic rings. The SMILES string of the molecule is Clc1ccc(NC2=NCC(C[Se]c3ccccc3)S2)cc1. The number of amidine groups is 1. The molecule has 0 aromatic heterocycles. The first-order valence-electron chi connectivity index (χ1n) is 6.71. The Morgan fingerprint density at radius 2 is 1.90 bits per heavy atom. The van der Waals surface area contributed by atoms with E-state index in [-0.39, 0.29) is 0 Å². The number of hydrogen-bond acceptors (Lipinski definition) is 3. The van der Waals surface area contributed by atoms with Gasteiger partial charge in [0, 0.05) is 0 Å². The molecule has 0 saturated heterocycles. The van der Waals surface area contributed by atoms with E-state index >= 15 is 0 Å². The van der Waals surface area contributed by atoms with Crippen molar-refractivity contribution in [3.8, 4) is 0 Å². The quantitative estimate of drug-likeness (QED) is 0.817. The van der Waals surface area contributed by atoms with Crippen LogP contribution in [0.2, 0.25) is 10.3 Å². The first-order valence-corrected chi connectivity index (χ1v) is 10.0. The molecule has 1 heterocycles. The van der Waals surface area contributed by atoms with Crippen molar-refractivity contribution < 1.29 is 0 Å². The fraction of sp³-hybridized carbons (Fsp3) is 0.188. The van der Waals surface area contributed by atoms with Crippen molar-refractivity contribution in [2.75, 3.05) is 11.9 Å². The third kappa shape index (κ3) is 4.52. The minimum absolute atomic E-state index is 0.532. The van der Waals surface area contributed by atoms with Gasteiger partial charge in [-0.1, -0.05) is 0 Å². The Labute approximate surface area is 140 Å². The summed E-state index contributed by atoms with van der Waals surface area (Å²) in [4.78, 5) is 4.59. The fourth-order valence-electron chi connectivity index (χ4n) is 1.94. The number of benzene rings is 2. The van der Waals surface area contributed by atoms with Gasteiger partial charge in [0.25, 0.3) is 0 Å². The summed E-state index contributed by atoms with van der Waals surface area (Å²) in [5.41, 5.74) is 1.04. The zero-order valence-electron chi connectivity index (χ0n) is 11.3. The van der Waals surface area contributed by atoms with Crippen LogP contribution in [0.4, 0.5) is 5.69 Å². The maximum absolute atomic E-state index is 5.89. The standard InChI is InChI=1S/C16H15ClN2SSe/c17-12-6-8-13(9-7-12)19-16-18-10-14(20-16)11-21-15-4-2-1-3-5-15/h1-9,14H,10-11H2,(H,18,19). The van der Waals surface area contributed by atoms with Gasteiger partial charge in [0.2, 0.25) is 0 Å². The van der Waals surface area contributed by atoms with Crippen LogP contribution in [0.5, 0.6) is 0 Å². The second kappa shape index (κ2) is 7.37. The minimum atomic E-state index is 0.532. The average molecular weight is 382 g/mol. The molecular formula is C16H15ClN2SSe. The van der Waals surface area contributed by atoms with Crippen LogP contribution >= 0.6 is 23.4 Å². The predicted molar refractivity (Wildman–Crippen MR) is 95.4 cm³/mol. The summed E-state index contributed by atoms with van der Waals surface area (Å²) in [7, 11) is 0. The van der Waals surface area contributed by atoms with E-state index in [2.05, 4.69) is 40.6 Å². The van der Waals surface area contributed by atoms with Gasteiger partial charge < -0.3 is 0 Å². The second-order valence-electron chi connectivity index (χ2n) is 4.64. The van der Waals surface area contributed by atoms with E-state index < -0.39 is 0 Å². The van der Waals surface area contributed by atoms with Gasteiger partial charge in [0.1, 0.15) is 0 Å². The molecular weight excluding hydrogens is 367 g/mol. The monoisotopic (exact) mass is 382 g/mol. The molecule has 0 aliphatic carbocycles. The summed E-state index contributed by atoms with van der Waals surface area (Å²) in [6.45, 7) is 0.912. The molecule has 5 heteroatoms. The Balaban J connectivity index is 1.47. The van der Waals surface area contributed by atoms with Gasteiger partial charge >= 0.3 is 141 Å². The van der Waals surface area contributed by atoms with Crippen LogP contribution in [-0.4, -0.2) is 31.9 Å². The molecule has 2 aromatic rings. The molecule has 0 amide bonds. The van der Waals surface area contributed by atoms with Crippen molar-refractivity contribution in [2.45, 2.75) is 10.6 Å². The molecule has 1 N–H and O–H groups in total. The molecule has 1 unspecified atom stereocenters. The van der Waals surface area contributed by atoms with Gasteiger partial charge in [-0.15, -0.1) is 0 Å². The van der Waals surface area contributed by atoms with E-state index in [0.717, 1.165) is 22.4 Å². The molecule has 0 fully saturated rings. The van der Waals surface area contributed by atoms with E-state index in [1.807, 2.05) is 36.0 Å². The normalized spacial score (nSPS) is 17.6. The Kier molecular flexibility index (Phi) is 5.26. The summed E-state index contributed by atoms with van der Waals surface area (Å²) in [6.07, 6.45) is 0. The summed E-state index contributed by atoms with van der Waals surface area (Å²) in [5.74, 6) is 0. The van der Waals surface area contributed by atoms with Crippen LogP contribution in [-0.2, 0) is 0 Å². The molecule has 2 aromatic carbocycles. The Morgan fingerprint density at radius 1 is 1.14 bits per heavy atom. The maximum atomic E-state index is 5.89. The number of anilines is 1. The van der Waals surface area contributed by atoms with Crippen molar-refractivity contribution >= 4 is 53.6 Å². The topological polar surface area (TPSA) is 24.4 Å². The predicted octanol–water partition coefficient (Wildman–Crippen LogP) is 3.67. The van der Waals surface area contributed by atoms with Crippen LogP contribution in [0, 0.1) is 0 Å². The number of aliphatic imine (C=N–C) groups is 1. The van der Waals surface area contributed by atoms with Crippen molar-refractivity contribution in [1.82, 2.24) is 0 Å². The van der Waals surface area contributed by atoms with Crippen molar-refractivity contribution in [1.29, 1.82) is 0 Å². The second-order valence-corrected chi connectivity index (χ2v) is 8.66. The van der Waals surface area contributed by atoms with Crippen LogP contribution in [0.25, 0.3) is 0 Å². The average Bonchev–Trinajstić information content (AvgIpc) is 2.96. The van der Waals surface area contributed by atoms with E-state index in [1.165, 1.54) is 9.78 Å². The molecule has 0 radical (unpaired) electrons. The first-order chi connectivity index (χ1) is 10.3. The van der Waals surface area contributed by atoms with Crippen molar-refractivity contribution in [3.05, 3.63) is 59.6 Å². The number of hydrogen-bond donors (Lipinski definition) is 1. The number of rotatable bonds is 4. The third-order valence-electron chi connectivity index (χ3n) is 2.99. The zero-order valence-corrected chi connectivity index (χ0v) is 14.6. The molecule has 0 bridgehead atoms. The number of nitrogens with one attached hydrogen (secondary N) is 1. The third-order valence-corrected chi connectivity index (χ3v) is 7.29. The zero-order chi connectivity index (χ0) is 14.5. The van der Waals surface area contributed by atoms with Gasteiger partial charge in [-0.3, -0.25) is 0 Å². The Morgan fingerprint density at radius 3 is 2.67 bits per heavy atom. The molecule has 108 valence electrons. The number of halogens is 1. The number of nitrogens with zero attached hydrogens (tertiary/aromatic N) is 1. The van der Waals surface area contributed by atoms with Crippen LogP contribution in [0.3, 0.4) is 0 Å². The number of thioether (sulfide) groups is 1. The van der Waals surface area contributed by atoms with E-state index in [4.69, 9.17) is 11.6 Å². The summed E-state index contributed by atoms with van der Waals surface area (Å²) >= 11 is 8.27. The van der Waals surface area contributed by atoms with Gasteiger partial charge in [-0.2, -0.15) is 0 Å². The molecule has 0 saturated carbocycles. The molecule has 3 rings (SSSR count). The Bertz CT molecular complexity index is 616. The molecule has 1 aliphatic heterocycles. The summed E-state index contributed by atoms with van der Waals surface area (Å²) in [5, 5.41) is 6.95. The summed E-state index contributed by atoms with van der Waals surface area (Å²) in [6, 6.07) is 18.5. The van der Waals surface area contributed by atoms with Crippen LogP contribution in [0.1, 0.15) is 0 Å². The molecule has 2 nitrogen and oxygen atoms in total. The van der Waals surface area contributed by atoms with Crippen molar-refractivity contribution in [3.63, 3.8) is 0 Å². The first kappa shape index (κ1) is 15.0. The van der Waals surface area contributed by atoms with Gasteiger partial charge in [0.05, 0.1) is 0 Å². The van der Waals surface area contributed by atoms with E-state index in [0.29, 0.717) is 20.2 Å². The van der Waals surface area contributed by atoms with Crippen LogP contribution < -0.4 is 9.78 Å². The Hall–Kier alpha value is -0.931. The van der Waals surface area contributed by atoms with E-state index in [1.54, 1.807) is 0 Å².